The molecule has 0 bridgehead atoms. The van der Waals surface area contributed by atoms with Crippen LogP contribution in [-0.4, -0.2) is 35.8 Å². The number of piperazine rings is 1. The van der Waals surface area contributed by atoms with Crippen LogP contribution in [0.25, 0.3) is 0 Å². The highest BCUT2D eigenvalue weighted by Crippen LogP contribution is 2.23. The van der Waals surface area contributed by atoms with E-state index in [1.54, 1.807) is 48.2 Å². The molecule has 114 valence electrons. The average Bonchev–Trinajstić information content (AvgIpc) is 3.05. The van der Waals surface area contributed by atoms with E-state index in [1.807, 2.05) is 0 Å². The molecule has 2 heterocycles. The van der Waals surface area contributed by atoms with Crippen molar-refractivity contribution in [3.8, 4) is 0 Å². The summed E-state index contributed by atoms with van der Waals surface area (Å²) < 4.78 is 5.13. The van der Waals surface area contributed by atoms with Crippen molar-refractivity contribution in [2.75, 3.05) is 18.0 Å². The monoisotopic (exact) mass is 318 g/mol. The molecule has 6 heteroatoms. The Hall–Kier alpha value is -2.27. The number of amides is 2. The summed E-state index contributed by atoms with van der Waals surface area (Å²) in [5.74, 6) is -0.130. The second kappa shape index (κ2) is 5.85. The Morgan fingerprint density at radius 3 is 2.59 bits per heavy atom. The first-order valence-electron chi connectivity index (χ1n) is 6.99. The molecule has 1 aliphatic rings. The van der Waals surface area contributed by atoms with E-state index < -0.39 is 6.04 Å². The van der Waals surface area contributed by atoms with Gasteiger partial charge in [0.05, 0.1) is 6.26 Å². The topological polar surface area (TPSA) is 53.8 Å². The van der Waals surface area contributed by atoms with Crippen molar-refractivity contribution >= 4 is 29.1 Å². The maximum Gasteiger partial charge on any atom is 0.290 e. The van der Waals surface area contributed by atoms with Crippen LogP contribution in [0.15, 0.2) is 47.1 Å². The number of hydrogen-bond donors (Lipinski definition) is 0. The Kier molecular flexibility index (Phi) is 3.90. The zero-order chi connectivity index (χ0) is 15.7. The molecule has 5 nitrogen and oxygen atoms in total. The Bertz CT molecular complexity index is 682. The third-order valence-corrected chi connectivity index (χ3v) is 4.04. The molecule has 1 aliphatic heterocycles. The van der Waals surface area contributed by atoms with Crippen molar-refractivity contribution in [3.63, 3.8) is 0 Å². The lowest BCUT2D eigenvalue weighted by Crippen LogP contribution is -2.57. The van der Waals surface area contributed by atoms with Gasteiger partial charge >= 0.3 is 0 Å². The number of carbonyl (C=O) groups excluding carboxylic acids is 2. The van der Waals surface area contributed by atoms with E-state index in [0.717, 1.165) is 5.69 Å². The second-order valence-electron chi connectivity index (χ2n) is 5.12. The molecule has 1 fully saturated rings. The lowest BCUT2D eigenvalue weighted by atomic mass is 10.1. The summed E-state index contributed by atoms with van der Waals surface area (Å²) in [6.07, 6.45) is 1.45. The molecule has 0 N–H and O–H groups in total. The first-order valence-corrected chi connectivity index (χ1v) is 7.37. The number of benzene rings is 1. The molecule has 22 heavy (non-hydrogen) atoms. The van der Waals surface area contributed by atoms with Gasteiger partial charge in [-0.1, -0.05) is 11.6 Å². The first kappa shape index (κ1) is 14.7. The Morgan fingerprint density at radius 2 is 1.95 bits per heavy atom. The van der Waals surface area contributed by atoms with Crippen LogP contribution in [0.3, 0.4) is 0 Å². The molecule has 1 aromatic heterocycles. The molecule has 0 spiro atoms. The van der Waals surface area contributed by atoms with Crippen LogP contribution >= 0.6 is 11.6 Å². The number of carbonyl (C=O) groups is 2. The smallest absolute Gasteiger partial charge is 0.290 e. The minimum absolute atomic E-state index is 0.117. The summed E-state index contributed by atoms with van der Waals surface area (Å²) in [5, 5.41) is 0.621. The zero-order valence-electron chi connectivity index (χ0n) is 12.0. The summed E-state index contributed by atoms with van der Waals surface area (Å²) in [7, 11) is 0. The molecule has 0 radical (unpaired) electrons. The van der Waals surface area contributed by atoms with Gasteiger partial charge in [0.15, 0.2) is 5.76 Å². The van der Waals surface area contributed by atoms with Crippen LogP contribution in [-0.2, 0) is 4.79 Å². The Balaban J connectivity index is 1.78. The van der Waals surface area contributed by atoms with Gasteiger partial charge in [-0.3, -0.25) is 9.59 Å². The number of nitrogens with zero attached hydrogens (tertiary/aromatic N) is 2. The Labute approximate surface area is 133 Å². The van der Waals surface area contributed by atoms with Crippen molar-refractivity contribution in [2.45, 2.75) is 13.0 Å². The van der Waals surface area contributed by atoms with Crippen molar-refractivity contribution in [3.05, 3.63) is 53.4 Å². The van der Waals surface area contributed by atoms with E-state index in [9.17, 15) is 9.59 Å². The number of hydrogen-bond acceptors (Lipinski definition) is 3. The fourth-order valence-corrected chi connectivity index (χ4v) is 2.69. The van der Waals surface area contributed by atoms with Crippen LogP contribution in [0, 0.1) is 0 Å². The highest BCUT2D eigenvalue weighted by molar-refractivity contribution is 6.30. The molecule has 1 unspecified atom stereocenters. The summed E-state index contributed by atoms with van der Waals surface area (Å²) in [4.78, 5) is 28.1. The second-order valence-corrected chi connectivity index (χ2v) is 5.55. The molecule has 2 amide bonds. The van der Waals surface area contributed by atoms with Gasteiger partial charge in [-0.25, -0.2) is 0 Å². The largest absolute Gasteiger partial charge is 0.459 e. The fourth-order valence-electron chi connectivity index (χ4n) is 2.57. The molecule has 1 saturated heterocycles. The molecule has 1 atom stereocenters. The van der Waals surface area contributed by atoms with Gasteiger partial charge in [-0.05, 0) is 43.3 Å². The molecule has 3 rings (SSSR count). The van der Waals surface area contributed by atoms with E-state index in [4.69, 9.17) is 16.0 Å². The van der Waals surface area contributed by atoms with Gasteiger partial charge in [0.2, 0.25) is 5.91 Å². The van der Waals surface area contributed by atoms with Crippen molar-refractivity contribution < 1.29 is 14.0 Å². The van der Waals surface area contributed by atoms with Crippen molar-refractivity contribution in [1.29, 1.82) is 0 Å². The minimum atomic E-state index is -0.540. The van der Waals surface area contributed by atoms with E-state index >= 15 is 0 Å². The van der Waals surface area contributed by atoms with E-state index in [2.05, 4.69) is 0 Å². The van der Waals surface area contributed by atoms with Gasteiger partial charge in [0, 0.05) is 23.8 Å². The minimum Gasteiger partial charge on any atom is -0.459 e. The van der Waals surface area contributed by atoms with Gasteiger partial charge < -0.3 is 14.2 Å². The van der Waals surface area contributed by atoms with Crippen LogP contribution in [0.4, 0.5) is 5.69 Å². The zero-order valence-corrected chi connectivity index (χ0v) is 12.8. The van der Waals surface area contributed by atoms with Crippen LogP contribution in [0.1, 0.15) is 17.5 Å². The molecule has 1 aromatic carbocycles. The summed E-state index contributed by atoms with van der Waals surface area (Å²) >= 11 is 5.87. The third-order valence-electron chi connectivity index (χ3n) is 3.79. The van der Waals surface area contributed by atoms with Crippen LogP contribution in [0.2, 0.25) is 5.02 Å². The first-order chi connectivity index (χ1) is 10.6. The molecule has 0 aliphatic carbocycles. The normalized spacial score (nSPS) is 18.6. The van der Waals surface area contributed by atoms with E-state index in [1.165, 1.54) is 11.2 Å². The van der Waals surface area contributed by atoms with Gasteiger partial charge in [-0.2, -0.15) is 0 Å². The van der Waals surface area contributed by atoms with Crippen molar-refractivity contribution in [2.24, 2.45) is 0 Å². The standard InChI is InChI=1S/C16H15ClN2O3/c1-11-15(20)19(13-6-4-12(17)5-7-13)9-8-18(11)16(21)14-3-2-10-22-14/h2-7,10-11H,8-9H2,1H3. The predicted molar refractivity (Wildman–Crippen MR) is 83.0 cm³/mol. The van der Waals surface area contributed by atoms with E-state index in [-0.39, 0.29) is 17.6 Å². The quantitative estimate of drug-likeness (QED) is 0.855. The number of anilines is 1. The Morgan fingerprint density at radius 1 is 1.23 bits per heavy atom. The SMILES string of the molecule is CC1C(=O)N(c2ccc(Cl)cc2)CCN1C(=O)c1ccco1. The molecular formula is C16H15ClN2O3. The van der Waals surface area contributed by atoms with Gasteiger partial charge in [0.25, 0.3) is 5.91 Å². The van der Waals surface area contributed by atoms with Gasteiger partial charge in [0.1, 0.15) is 6.04 Å². The lowest BCUT2D eigenvalue weighted by molar-refractivity contribution is -0.124. The van der Waals surface area contributed by atoms with E-state index in [0.29, 0.717) is 18.1 Å². The number of furan rings is 1. The van der Waals surface area contributed by atoms with Gasteiger partial charge in [-0.15, -0.1) is 0 Å². The summed E-state index contributed by atoms with van der Waals surface area (Å²) in [6.45, 7) is 2.62. The number of rotatable bonds is 2. The van der Waals surface area contributed by atoms with Crippen LogP contribution in [0.5, 0.6) is 0 Å². The maximum atomic E-state index is 12.6. The fraction of sp³-hybridized carbons (Fsp3) is 0.250. The molecular weight excluding hydrogens is 304 g/mol. The molecule has 2 aromatic rings. The third kappa shape index (κ3) is 2.60. The lowest BCUT2D eigenvalue weighted by Gasteiger charge is -2.38. The number of halogens is 1. The summed E-state index contributed by atoms with van der Waals surface area (Å²) in [5.41, 5.74) is 0.784. The highest BCUT2D eigenvalue weighted by Gasteiger charge is 2.36. The van der Waals surface area contributed by atoms with Crippen molar-refractivity contribution in [1.82, 2.24) is 4.90 Å². The summed E-state index contributed by atoms with van der Waals surface area (Å²) in [6, 6.07) is 9.81. The maximum absolute atomic E-state index is 12.6. The highest BCUT2D eigenvalue weighted by atomic mass is 35.5. The predicted octanol–water partition coefficient (Wildman–Crippen LogP) is 2.81. The van der Waals surface area contributed by atoms with Crippen LogP contribution < -0.4 is 4.90 Å². The average molecular weight is 319 g/mol. The molecule has 0 saturated carbocycles.